The molecular formula is C27H37N5O2S. The number of hydrogen-bond donors (Lipinski definition) is 1. The smallest absolute Gasteiger partial charge is 0.178 e. The first kappa shape index (κ1) is 24.4. The highest BCUT2D eigenvalue weighted by molar-refractivity contribution is 7.91. The van der Waals surface area contributed by atoms with Crippen molar-refractivity contribution < 1.29 is 8.42 Å². The van der Waals surface area contributed by atoms with Crippen LogP contribution in [-0.2, 0) is 9.84 Å². The Labute approximate surface area is 209 Å². The van der Waals surface area contributed by atoms with Gasteiger partial charge in [0.1, 0.15) is 0 Å². The van der Waals surface area contributed by atoms with Gasteiger partial charge in [-0.2, -0.15) is 0 Å². The van der Waals surface area contributed by atoms with Crippen molar-refractivity contribution in [2.24, 2.45) is 0 Å². The molecule has 0 radical (unpaired) electrons. The summed E-state index contributed by atoms with van der Waals surface area (Å²) >= 11 is 0. The van der Waals surface area contributed by atoms with Crippen molar-refractivity contribution in [1.82, 2.24) is 24.7 Å². The predicted octanol–water partition coefficient (Wildman–Crippen LogP) is 3.50. The minimum Gasteiger partial charge on any atom is -0.327 e. The van der Waals surface area contributed by atoms with E-state index >= 15 is 0 Å². The van der Waals surface area contributed by atoms with Gasteiger partial charge >= 0.3 is 0 Å². The second kappa shape index (κ2) is 10.8. The first-order valence-corrected chi connectivity index (χ1v) is 14.6. The predicted molar refractivity (Wildman–Crippen MR) is 140 cm³/mol. The number of benzene rings is 2. The summed E-state index contributed by atoms with van der Waals surface area (Å²) in [5.74, 6) is 0.109. The normalized spacial score (nSPS) is 19.8. The fourth-order valence-corrected chi connectivity index (χ4v) is 6.52. The maximum absolute atomic E-state index is 12.2. The van der Waals surface area contributed by atoms with Gasteiger partial charge in [0.25, 0.3) is 0 Å². The first-order chi connectivity index (χ1) is 17.0. The maximum Gasteiger partial charge on any atom is 0.178 e. The Morgan fingerprint density at radius 1 is 1.03 bits per heavy atom. The Bertz CT molecular complexity index is 1210. The number of aromatic nitrogens is 2. The van der Waals surface area contributed by atoms with E-state index in [4.69, 9.17) is 0 Å². The lowest BCUT2D eigenvalue weighted by atomic mass is 9.99. The van der Waals surface area contributed by atoms with Crippen molar-refractivity contribution in [1.29, 1.82) is 0 Å². The lowest BCUT2D eigenvalue weighted by molar-refractivity contribution is 0.131. The van der Waals surface area contributed by atoms with Crippen LogP contribution in [0.3, 0.4) is 0 Å². The summed E-state index contributed by atoms with van der Waals surface area (Å²) in [5.41, 5.74) is 3.23. The molecule has 0 bridgehead atoms. The van der Waals surface area contributed by atoms with Crippen LogP contribution < -0.4 is 5.32 Å². The molecule has 5 rings (SSSR count). The molecule has 8 heteroatoms. The molecule has 0 saturated carbocycles. The Hall–Kier alpha value is -2.26. The number of nitrogens with zero attached hydrogens (tertiary/aromatic N) is 4. The fraction of sp³-hybridized carbons (Fsp3) is 0.519. The molecular weight excluding hydrogens is 458 g/mol. The van der Waals surface area contributed by atoms with Crippen LogP contribution in [0, 0.1) is 0 Å². The Kier molecular flexibility index (Phi) is 7.53. The van der Waals surface area contributed by atoms with Crippen molar-refractivity contribution in [2.45, 2.75) is 43.2 Å². The van der Waals surface area contributed by atoms with Crippen molar-refractivity contribution in [3.63, 3.8) is 0 Å². The molecule has 0 amide bonds. The number of sulfone groups is 1. The number of piperidine rings is 1. The molecule has 7 nitrogen and oxygen atoms in total. The number of nitrogens with one attached hydrogen (secondary N) is 1. The molecule has 2 fully saturated rings. The van der Waals surface area contributed by atoms with Gasteiger partial charge in [-0.05, 0) is 49.6 Å². The van der Waals surface area contributed by atoms with Gasteiger partial charge in [0.15, 0.2) is 9.84 Å². The van der Waals surface area contributed by atoms with E-state index in [0.29, 0.717) is 17.0 Å². The molecule has 3 aromatic rings. The zero-order valence-corrected chi connectivity index (χ0v) is 21.5. The summed E-state index contributed by atoms with van der Waals surface area (Å²) < 4.78 is 26.7. The number of fused-ring (bicyclic) bond motifs is 1. The average Bonchev–Trinajstić information content (AvgIpc) is 3.34. The van der Waals surface area contributed by atoms with Crippen molar-refractivity contribution >= 4 is 20.9 Å². The lowest BCUT2D eigenvalue weighted by Crippen LogP contribution is -2.46. The largest absolute Gasteiger partial charge is 0.327 e. The Balaban J connectivity index is 1.21. The molecule has 2 aliphatic rings. The van der Waals surface area contributed by atoms with Crippen LogP contribution in [-0.4, -0.2) is 79.3 Å². The summed E-state index contributed by atoms with van der Waals surface area (Å²) in [6.07, 6.45) is 5.22. The van der Waals surface area contributed by atoms with Crippen LogP contribution in [0.15, 0.2) is 59.8 Å². The van der Waals surface area contributed by atoms with E-state index in [1.807, 2.05) is 12.4 Å². The van der Waals surface area contributed by atoms with E-state index in [9.17, 15) is 8.42 Å². The highest BCUT2D eigenvalue weighted by Crippen LogP contribution is 2.30. The van der Waals surface area contributed by atoms with Gasteiger partial charge in [-0.1, -0.05) is 37.3 Å². The molecule has 1 aromatic heterocycles. The Morgan fingerprint density at radius 3 is 2.49 bits per heavy atom. The van der Waals surface area contributed by atoms with E-state index in [2.05, 4.69) is 55.0 Å². The first-order valence-electron chi connectivity index (χ1n) is 13.0. The molecule has 2 aliphatic heterocycles. The van der Waals surface area contributed by atoms with Crippen LogP contribution in [0.5, 0.6) is 0 Å². The second-order valence-corrected chi connectivity index (χ2v) is 12.1. The van der Waals surface area contributed by atoms with Gasteiger partial charge in [0.2, 0.25) is 0 Å². The lowest BCUT2D eigenvalue weighted by Gasteiger charge is -2.38. The van der Waals surface area contributed by atoms with Gasteiger partial charge in [-0.3, -0.25) is 4.90 Å². The number of rotatable bonds is 8. The third-order valence-electron chi connectivity index (χ3n) is 7.73. The SMILES string of the molecule is CCS(=O)(=O)c1ccc2c(c1)ncn2C1CCN(CCC(c2ccccc2)N2CCNCC2)CC1. The molecule has 1 atom stereocenters. The summed E-state index contributed by atoms with van der Waals surface area (Å²) in [5, 5.41) is 3.48. The van der Waals surface area contributed by atoms with Gasteiger partial charge in [0, 0.05) is 51.4 Å². The highest BCUT2D eigenvalue weighted by atomic mass is 32.2. The van der Waals surface area contributed by atoms with E-state index in [-0.39, 0.29) is 5.75 Å². The molecule has 1 N–H and O–H groups in total. The standard InChI is InChI=1S/C27H37N5O2S/c1-2-35(33,34)24-8-9-27-25(20-24)29-21-32(27)23-10-15-30(16-11-23)17-12-26(22-6-4-3-5-7-22)31-18-13-28-14-19-31/h3-9,20-21,23,26,28H,2,10-19H2,1H3. The summed E-state index contributed by atoms with van der Waals surface area (Å²) in [6.45, 7) is 9.30. The molecule has 0 spiro atoms. The van der Waals surface area contributed by atoms with Crippen LogP contribution >= 0.6 is 0 Å². The fourth-order valence-electron chi connectivity index (χ4n) is 5.62. The number of piperazine rings is 1. The average molecular weight is 496 g/mol. The minimum atomic E-state index is -3.22. The second-order valence-electron chi connectivity index (χ2n) is 9.78. The molecule has 2 saturated heterocycles. The summed E-state index contributed by atoms with van der Waals surface area (Å²) in [6, 6.07) is 17.2. The quantitative estimate of drug-likeness (QED) is 0.516. The van der Waals surface area contributed by atoms with E-state index in [1.165, 1.54) is 5.56 Å². The third-order valence-corrected chi connectivity index (χ3v) is 9.46. The third kappa shape index (κ3) is 5.45. The van der Waals surface area contributed by atoms with Crippen LogP contribution in [0.2, 0.25) is 0 Å². The maximum atomic E-state index is 12.2. The van der Waals surface area contributed by atoms with Gasteiger partial charge in [-0.25, -0.2) is 13.4 Å². The number of likely N-dealkylation sites (tertiary alicyclic amines) is 1. The van der Waals surface area contributed by atoms with Gasteiger partial charge in [0.05, 0.1) is 28.0 Å². The molecule has 3 heterocycles. The minimum absolute atomic E-state index is 0.109. The van der Waals surface area contributed by atoms with Crippen LogP contribution in [0.4, 0.5) is 0 Å². The summed E-state index contributed by atoms with van der Waals surface area (Å²) in [7, 11) is -3.22. The number of hydrogen-bond acceptors (Lipinski definition) is 6. The van der Waals surface area contributed by atoms with E-state index in [0.717, 1.165) is 76.1 Å². The zero-order valence-electron chi connectivity index (χ0n) is 20.6. The Morgan fingerprint density at radius 2 is 1.77 bits per heavy atom. The van der Waals surface area contributed by atoms with Crippen LogP contribution in [0.25, 0.3) is 11.0 Å². The van der Waals surface area contributed by atoms with Crippen molar-refractivity contribution in [3.8, 4) is 0 Å². The molecule has 2 aromatic carbocycles. The number of imidazole rings is 1. The van der Waals surface area contributed by atoms with Gasteiger partial charge < -0.3 is 14.8 Å². The molecule has 1 unspecified atom stereocenters. The highest BCUT2D eigenvalue weighted by Gasteiger charge is 2.26. The van der Waals surface area contributed by atoms with Crippen molar-refractivity contribution in [2.75, 3.05) is 51.6 Å². The molecule has 188 valence electrons. The van der Waals surface area contributed by atoms with Gasteiger partial charge in [-0.15, -0.1) is 0 Å². The molecule has 0 aliphatic carbocycles. The van der Waals surface area contributed by atoms with E-state index < -0.39 is 9.84 Å². The topological polar surface area (TPSA) is 70.5 Å². The molecule has 35 heavy (non-hydrogen) atoms. The van der Waals surface area contributed by atoms with Crippen LogP contribution in [0.1, 0.15) is 43.8 Å². The van der Waals surface area contributed by atoms with Crippen molar-refractivity contribution in [3.05, 3.63) is 60.4 Å². The summed E-state index contributed by atoms with van der Waals surface area (Å²) in [4.78, 5) is 10.2. The van der Waals surface area contributed by atoms with E-state index in [1.54, 1.807) is 19.1 Å². The monoisotopic (exact) mass is 495 g/mol. The zero-order chi connectivity index (χ0) is 24.3.